The molecule has 0 spiro atoms. The topological polar surface area (TPSA) is 125 Å². The first kappa shape index (κ1) is 31.5. The molecule has 3 N–H and O–H groups in total. The molecule has 0 unspecified atom stereocenters. The minimum atomic E-state index is -4.15. The number of anilines is 4. The number of hydrogen-bond acceptors (Lipinski definition) is 9. The van der Waals surface area contributed by atoms with Gasteiger partial charge in [-0.3, -0.25) is 5.10 Å². The van der Waals surface area contributed by atoms with Gasteiger partial charge >= 0.3 is 6.18 Å². The number of alkyl halides is 3. The number of nitrogens with zero attached hydrogens (tertiary/aromatic N) is 4. The van der Waals surface area contributed by atoms with Crippen LogP contribution in [-0.2, 0) is 9.84 Å². The van der Waals surface area contributed by atoms with Crippen LogP contribution in [0.4, 0.5) is 36.3 Å². The summed E-state index contributed by atoms with van der Waals surface area (Å²) in [7, 11) is -2.01. The molecule has 3 heterocycles. The van der Waals surface area contributed by atoms with Crippen LogP contribution >= 0.6 is 0 Å². The molecule has 5 rings (SSSR count). The van der Waals surface area contributed by atoms with Crippen LogP contribution in [-0.4, -0.2) is 71.7 Å². The van der Waals surface area contributed by atoms with Crippen LogP contribution in [0.2, 0.25) is 0 Å². The Bertz CT molecular complexity index is 1730. The number of nitrogens with one attached hydrogen (secondary N) is 3. The Morgan fingerprint density at radius 3 is 2.50 bits per heavy atom. The molecular weight excluding hydrogens is 595 g/mol. The average molecular weight is 632 g/mol. The molecule has 1 fully saturated rings. The number of sulfone groups is 1. The van der Waals surface area contributed by atoms with Gasteiger partial charge in [0.25, 0.3) is 0 Å². The summed E-state index contributed by atoms with van der Waals surface area (Å²) in [4.78, 5) is 11.3. The summed E-state index contributed by atoms with van der Waals surface area (Å²) in [5.74, 6) is 1.37. The number of rotatable bonds is 10. The summed E-state index contributed by atoms with van der Waals surface area (Å²) in [6.45, 7) is 6.51. The number of halogens is 3. The summed E-state index contributed by atoms with van der Waals surface area (Å²) < 4.78 is 69.8. The monoisotopic (exact) mass is 631 g/mol. The van der Waals surface area contributed by atoms with Gasteiger partial charge in [-0.05, 0) is 88.0 Å². The van der Waals surface area contributed by atoms with Crippen molar-refractivity contribution >= 4 is 44.0 Å². The van der Waals surface area contributed by atoms with Crippen molar-refractivity contribution in [2.24, 2.45) is 0 Å². The number of likely N-dealkylation sites (tertiary alicyclic amines) is 1. The molecular formula is C30H36F3N7O3S. The van der Waals surface area contributed by atoms with E-state index in [-0.39, 0.29) is 23.3 Å². The largest absolute Gasteiger partial charge is 0.495 e. The predicted molar refractivity (Wildman–Crippen MR) is 164 cm³/mol. The fraction of sp³-hybridized carbons (Fsp3) is 0.433. The molecule has 44 heavy (non-hydrogen) atoms. The molecule has 4 aromatic rings. The minimum Gasteiger partial charge on any atom is -0.495 e. The standard InChI is InChI=1S/C30H36F3N7O3S/c1-18(2)44(41,42)26-8-6-5-7-23(26)35-27-22-17-34-39-28(22)38-29(37-27)36-24-15-19(3)21(16-25(24)43-4)20-9-12-40(13-10-20)14-11-30(31,32)33/h5-8,15-18,20H,9-14H2,1-4H3,(H3,34,35,36,37,38,39). The zero-order valence-electron chi connectivity index (χ0n) is 25.0. The highest BCUT2D eigenvalue weighted by Crippen LogP contribution is 2.38. The number of aromatic nitrogens is 4. The molecule has 236 valence electrons. The van der Waals surface area contributed by atoms with Crippen LogP contribution in [0.25, 0.3) is 11.0 Å². The van der Waals surface area contributed by atoms with E-state index in [2.05, 4.69) is 30.8 Å². The van der Waals surface area contributed by atoms with Crippen LogP contribution in [0.5, 0.6) is 5.75 Å². The summed E-state index contributed by atoms with van der Waals surface area (Å²) in [6, 6.07) is 10.6. The minimum absolute atomic E-state index is 0.0258. The van der Waals surface area contributed by atoms with Gasteiger partial charge in [-0.2, -0.15) is 28.2 Å². The Kier molecular flexibility index (Phi) is 9.02. The highest BCUT2D eigenvalue weighted by Gasteiger charge is 2.30. The SMILES string of the molecule is COc1cc(C2CCN(CCC(F)(F)F)CC2)c(C)cc1Nc1nc(Nc2ccccc2S(=O)(=O)C(C)C)c2cn[nH]c2n1. The molecule has 0 aliphatic carbocycles. The van der Waals surface area contributed by atoms with Gasteiger partial charge < -0.3 is 20.3 Å². The van der Waals surface area contributed by atoms with Gasteiger partial charge in [-0.25, -0.2) is 8.42 Å². The molecule has 0 bridgehead atoms. The third kappa shape index (κ3) is 6.91. The zero-order valence-corrected chi connectivity index (χ0v) is 25.8. The van der Waals surface area contributed by atoms with Gasteiger partial charge in [0.15, 0.2) is 15.5 Å². The van der Waals surface area contributed by atoms with Gasteiger partial charge in [0.05, 0.1) is 46.6 Å². The Hall–Kier alpha value is -3.91. The van der Waals surface area contributed by atoms with Crippen LogP contribution in [0.1, 0.15) is 50.2 Å². The van der Waals surface area contributed by atoms with Gasteiger partial charge in [-0.15, -0.1) is 0 Å². The average Bonchev–Trinajstić information content (AvgIpc) is 3.45. The fourth-order valence-corrected chi connectivity index (χ4v) is 6.67. The van der Waals surface area contributed by atoms with Gasteiger partial charge in [-0.1, -0.05) is 12.1 Å². The molecule has 10 nitrogen and oxygen atoms in total. The van der Waals surface area contributed by atoms with E-state index in [1.807, 2.05) is 24.0 Å². The second kappa shape index (κ2) is 12.6. The second-order valence-electron chi connectivity index (χ2n) is 11.3. The van der Waals surface area contributed by atoms with E-state index < -0.39 is 27.7 Å². The van der Waals surface area contributed by atoms with Crippen LogP contribution < -0.4 is 15.4 Å². The normalized spacial score (nSPS) is 15.2. The van der Waals surface area contributed by atoms with Crippen molar-refractivity contribution < 1.29 is 26.3 Å². The Balaban J connectivity index is 1.39. The van der Waals surface area contributed by atoms with Crippen molar-refractivity contribution in [2.75, 3.05) is 37.4 Å². The molecule has 0 saturated carbocycles. The summed E-state index contributed by atoms with van der Waals surface area (Å²) in [5, 5.41) is 13.3. The number of hydrogen-bond donors (Lipinski definition) is 3. The van der Waals surface area contributed by atoms with Crippen LogP contribution in [0.3, 0.4) is 0 Å². The lowest BCUT2D eigenvalue weighted by Crippen LogP contribution is -2.35. The third-order valence-corrected chi connectivity index (χ3v) is 10.2. The lowest BCUT2D eigenvalue weighted by molar-refractivity contribution is -0.138. The fourth-order valence-electron chi connectivity index (χ4n) is 5.47. The first-order valence-electron chi connectivity index (χ1n) is 14.4. The van der Waals surface area contributed by atoms with Crippen molar-refractivity contribution in [1.82, 2.24) is 25.1 Å². The highest BCUT2D eigenvalue weighted by atomic mass is 32.2. The third-order valence-electron chi connectivity index (χ3n) is 7.95. The van der Waals surface area contributed by atoms with Crippen LogP contribution in [0, 0.1) is 6.92 Å². The summed E-state index contributed by atoms with van der Waals surface area (Å²) in [6.07, 6.45) is -1.85. The van der Waals surface area contributed by atoms with E-state index in [9.17, 15) is 21.6 Å². The number of para-hydroxylation sites is 1. The molecule has 1 saturated heterocycles. The van der Waals surface area contributed by atoms with Crippen molar-refractivity contribution in [2.45, 2.75) is 62.3 Å². The number of methoxy groups -OCH3 is 1. The summed E-state index contributed by atoms with van der Waals surface area (Å²) in [5.41, 5.74) is 3.56. The lowest BCUT2D eigenvalue weighted by atomic mass is 9.86. The van der Waals surface area contributed by atoms with Gasteiger partial charge in [0, 0.05) is 6.54 Å². The van der Waals surface area contributed by atoms with E-state index >= 15 is 0 Å². The molecule has 0 amide bonds. The van der Waals surface area contributed by atoms with E-state index in [0.717, 1.165) is 24.0 Å². The molecule has 0 atom stereocenters. The van der Waals surface area contributed by atoms with E-state index in [4.69, 9.17) is 4.74 Å². The number of aryl methyl sites for hydroxylation is 1. The van der Waals surface area contributed by atoms with Crippen molar-refractivity contribution in [3.8, 4) is 5.75 Å². The molecule has 1 aliphatic heterocycles. The first-order valence-corrected chi connectivity index (χ1v) is 16.0. The zero-order chi connectivity index (χ0) is 31.6. The smallest absolute Gasteiger partial charge is 0.390 e. The van der Waals surface area contributed by atoms with Gasteiger partial charge in [0.2, 0.25) is 5.95 Å². The molecule has 2 aromatic carbocycles. The Labute approximate surface area is 254 Å². The molecule has 2 aromatic heterocycles. The van der Waals surface area contributed by atoms with Crippen molar-refractivity contribution in [3.05, 3.63) is 53.7 Å². The number of H-pyrrole nitrogens is 1. The van der Waals surface area contributed by atoms with Gasteiger partial charge in [0.1, 0.15) is 11.6 Å². The number of aromatic amines is 1. The predicted octanol–water partition coefficient (Wildman–Crippen LogP) is 6.47. The van der Waals surface area contributed by atoms with Crippen LogP contribution in [0.15, 0.2) is 47.5 Å². The number of fused-ring (bicyclic) bond motifs is 1. The van der Waals surface area contributed by atoms with Crippen molar-refractivity contribution in [3.63, 3.8) is 0 Å². The quantitative estimate of drug-likeness (QED) is 0.181. The highest BCUT2D eigenvalue weighted by molar-refractivity contribution is 7.92. The number of benzene rings is 2. The Morgan fingerprint density at radius 1 is 1.09 bits per heavy atom. The van der Waals surface area contributed by atoms with E-state index in [1.54, 1.807) is 51.4 Å². The number of ether oxygens (including phenoxy) is 1. The van der Waals surface area contributed by atoms with Crippen molar-refractivity contribution in [1.29, 1.82) is 0 Å². The first-order chi connectivity index (χ1) is 20.9. The maximum atomic E-state index is 13.0. The summed E-state index contributed by atoms with van der Waals surface area (Å²) >= 11 is 0. The lowest BCUT2D eigenvalue weighted by Gasteiger charge is -2.33. The maximum Gasteiger partial charge on any atom is 0.390 e. The number of piperidine rings is 1. The Morgan fingerprint density at radius 2 is 1.82 bits per heavy atom. The maximum absolute atomic E-state index is 13.0. The molecule has 0 radical (unpaired) electrons. The van der Waals surface area contributed by atoms with E-state index in [1.165, 1.54) is 0 Å². The molecule has 1 aliphatic rings. The van der Waals surface area contributed by atoms with E-state index in [0.29, 0.717) is 47.1 Å². The second-order valence-corrected chi connectivity index (χ2v) is 13.7. The molecule has 14 heteroatoms.